The molecular formula is C18H26. The van der Waals surface area contributed by atoms with Crippen LogP contribution in [-0.4, -0.2) is 0 Å². The zero-order valence-electron chi connectivity index (χ0n) is 12.4. The highest BCUT2D eigenvalue weighted by Gasteiger charge is 2.16. The molecule has 0 N–H and O–H groups in total. The molecule has 0 nitrogen and oxygen atoms in total. The van der Waals surface area contributed by atoms with Crippen molar-refractivity contribution >= 4 is 0 Å². The molecule has 0 aromatic carbocycles. The van der Waals surface area contributed by atoms with Crippen LogP contribution in [0.4, 0.5) is 0 Å². The normalized spacial score (nSPS) is 19.8. The fraction of sp³-hybridized carbons (Fsp3) is 0.556. The fourth-order valence-electron chi connectivity index (χ4n) is 3.47. The van der Waals surface area contributed by atoms with E-state index in [1.807, 2.05) is 0 Å². The van der Waals surface area contributed by atoms with Gasteiger partial charge in [-0.25, -0.2) is 0 Å². The lowest BCUT2D eigenvalue weighted by Gasteiger charge is -2.10. The van der Waals surface area contributed by atoms with E-state index in [-0.39, 0.29) is 0 Å². The predicted molar refractivity (Wildman–Crippen MR) is 80.6 cm³/mol. The van der Waals surface area contributed by atoms with Crippen LogP contribution >= 0.6 is 0 Å². The summed E-state index contributed by atoms with van der Waals surface area (Å²) in [6.45, 7) is 9.11. The van der Waals surface area contributed by atoms with Gasteiger partial charge in [0.2, 0.25) is 0 Å². The first kappa shape index (κ1) is 13.4. The van der Waals surface area contributed by atoms with Gasteiger partial charge in [0.1, 0.15) is 0 Å². The smallest absolute Gasteiger partial charge is 0.0127 e. The Labute approximate surface area is 112 Å². The lowest BCUT2D eigenvalue weighted by molar-refractivity contribution is 0.856. The minimum Gasteiger partial charge on any atom is -0.0772 e. The summed E-state index contributed by atoms with van der Waals surface area (Å²) in [5.41, 5.74) is 9.72. The van der Waals surface area contributed by atoms with Gasteiger partial charge in [0.25, 0.3) is 0 Å². The lowest BCUT2D eigenvalue weighted by atomic mass is 9.95. The zero-order chi connectivity index (χ0) is 13.1. The van der Waals surface area contributed by atoms with Gasteiger partial charge in [-0.05, 0) is 63.5 Å². The molecule has 0 amide bonds. The minimum absolute atomic E-state index is 1.20. The molecule has 18 heavy (non-hydrogen) atoms. The standard InChI is InChI=1S/C18H26/c1-5-17-13(3)7-9-15(17)11-12-16-10-8-14(4)18(16)6-2/h7-8H,5-6,9-12H2,1-4H3. The van der Waals surface area contributed by atoms with E-state index < -0.39 is 0 Å². The Bertz CT molecular complexity index is 408. The van der Waals surface area contributed by atoms with E-state index in [4.69, 9.17) is 0 Å². The average Bonchev–Trinajstić information content (AvgIpc) is 2.89. The Kier molecular flexibility index (Phi) is 4.27. The Morgan fingerprint density at radius 1 is 0.778 bits per heavy atom. The molecule has 0 fully saturated rings. The van der Waals surface area contributed by atoms with Crippen LogP contribution in [0.3, 0.4) is 0 Å². The van der Waals surface area contributed by atoms with E-state index in [0.717, 1.165) is 0 Å². The van der Waals surface area contributed by atoms with E-state index in [9.17, 15) is 0 Å². The van der Waals surface area contributed by atoms with E-state index in [0.29, 0.717) is 0 Å². The highest BCUT2D eigenvalue weighted by Crippen LogP contribution is 2.36. The molecule has 2 rings (SSSR count). The van der Waals surface area contributed by atoms with Gasteiger partial charge >= 0.3 is 0 Å². The number of rotatable bonds is 5. The fourth-order valence-corrected chi connectivity index (χ4v) is 3.47. The van der Waals surface area contributed by atoms with E-state index >= 15 is 0 Å². The van der Waals surface area contributed by atoms with Crippen molar-refractivity contribution in [1.29, 1.82) is 0 Å². The molecule has 0 radical (unpaired) electrons. The summed E-state index contributed by atoms with van der Waals surface area (Å²) in [6.07, 6.45) is 12.2. The molecule has 0 spiro atoms. The lowest BCUT2D eigenvalue weighted by Crippen LogP contribution is -1.91. The third-order valence-electron chi connectivity index (χ3n) is 4.55. The Balaban J connectivity index is 2.02. The summed E-state index contributed by atoms with van der Waals surface area (Å²) in [6, 6.07) is 0. The number of allylic oxidation sites excluding steroid dienone is 8. The summed E-state index contributed by atoms with van der Waals surface area (Å²) in [5, 5.41) is 0. The van der Waals surface area contributed by atoms with Crippen molar-refractivity contribution in [3.8, 4) is 0 Å². The summed E-state index contributed by atoms with van der Waals surface area (Å²) < 4.78 is 0. The minimum atomic E-state index is 1.20. The molecule has 0 saturated heterocycles. The Hall–Kier alpha value is -1.04. The molecule has 0 saturated carbocycles. The molecule has 0 aromatic heterocycles. The van der Waals surface area contributed by atoms with Gasteiger partial charge in [0.15, 0.2) is 0 Å². The first-order valence-electron chi connectivity index (χ1n) is 7.43. The topological polar surface area (TPSA) is 0 Å². The quantitative estimate of drug-likeness (QED) is 0.564. The van der Waals surface area contributed by atoms with Gasteiger partial charge in [-0.15, -0.1) is 0 Å². The molecule has 0 atom stereocenters. The SMILES string of the molecule is CCC1=C(CCC2=C(CC)C(C)=CC2)CC=C1C. The highest BCUT2D eigenvalue weighted by molar-refractivity contribution is 5.44. The van der Waals surface area contributed by atoms with E-state index in [2.05, 4.69) is 39.8 Å². The molecule has 0 heteroatoms. The van der Waals surface area contributed by atoms with Crippen molar-refractivity contribution in [3.63, 3.8) is 0 Å². The van der Waals surface area contributed by atoms with Gasteiger partial charge in [-0.3, -0.25) is 0 Å². The first-order chi connectivity index (χ1) is 8.67. The van der Waals surface area contributed by atoms with Gasteiger partial charge in [0, 0.05) is 0 Å². The maximum atomic E-state index is 2.40. The third-order valence-corrected chi connectivity index (χ3v) is 4.55. The van der Waals surface area contributed by atoms with E-state index in [1.165, 1.54) is 49.7 Å². The van der Waals surface area contributed by atoms with Gasteiger partial charge in [0.05, 0.1) is 0 Å². The van der Waals surface area contributed by atoms with Crippen LogP contribution in [0.15, 0.2) is 45.6 Å². The summed E-state index contributed by atoms with van der Waals surface area (Å²) in [4.78, 5) is 0. The second-order valence-electron chi connectivity index (χ2n) is 5.55. The predicted octanol–water partition coefficient (Wildman–Crippen LogP) is 5.88. The average molecular weight is 242 g/mol. The van der Waals surface area contributed by atoms with Crippen molar-refractivity contribution in [2.45, 2.75) is 66.2 Å². The highest BCUT2D eigenvalue weighted by atomic mass is 14.2. The van der Waals surface area contributed by atoms with Crippen molar-refractivity contribution in [2.75, 3.05) is 0 Å². The van der Waals surface area contributed by atoms with Crippen molar-refractivity contribution in [3.05, 3.63) is 45.6 Å². The maximum Gasteiger partial charge on any atom is -0.0127 e. The molecule has 0 unspecified atom stereocenters. The van der Waals surface area contributed by atoms with Crippen LogP contribution in [0.1, 0.15) is 66.2 Å². The third kappa shape index (κ3) is 2.53. The molecule has 98 valence electrons. The molecule has 0 aromatic rings. The van der Waals surface area contributed by atoms with Gasteiger partial charge in [-0.1, -0.05) is 48.3 Å². The number of hydrogen-bond acceptors (Lipinski definition) is 0. The number of hydrogen-bond donors (Lipinski definition) is 0. The summed E-state index contributed by atoms with van der Waals surface area (Å²) >= 11 is 0. The molecule has 2 aliphatic rings. The zero-order valence-corrected chi connectivity index (χ0v) is 12.4. The second kappa shape index (κ2) is 5.73. The van der Waals surface area contributed by atoms with Crippen LogP contribution in [0.25, 0.3) is 0 Å². The van der Waals surface area contributed by atoms with Crippen LogP contribution in [0.2, 0.25) is 0 Å². The van der Waals surface area contributed by atoms with Crippen molar-refractivity contribution < 1.29 is 0 Å². The molecule has 0 aliphatic heterocycles. The van der Waals surface area contributed by atoms with Crippen LogP contribution in [0.5, 0.6) is 0 Å². The van der Waals surface area contributed by atoms with Crippen LogP contribution in [0, 0.1) is 0 Å². The summed E-state index contributed by atoms with van der Waals surface area (Å²) in [7, 11) is 0. The monoisotopic (exact) mass is 242 g/mol. The van der Waals surface area contributed by atoms with Crippen LogP contribution < -0.4 is 0 Å². The molecule has 2 aliphatic carbocycles. The largest absolute Gasteiger partial charge is 0.0772 e. The Morgan fingerprint density at radius 3 is 1.50 bits per heavy atom. The van der Waals surface area contributed by atoms with Crippen molar-refractivity contribution in [1.82, 2.24) is 0 Å². The Morgan fingerprint density at radius 2 is 1.17 bits per heavy atom. The first-order valence-corrected chi connectivity index (χ1v) is 7.43. The summed E-state index contributed by atoms with van der Waals surface area (Å²) in [5.74, 6) is 0. The van der Waals surface area contributed by atoms with Crippen LogP contribution in [-0.2, 0) is 0 Å². The van der Waals surface area contributed by atoms with Gasteiger partial charge < -0.3 is 0 Å². The molecule has 0 heterocycles. The molecule has 0 bridgehead atoms. The van der Waals surface area contributed by atoms with E-state index in [1.54, 1.807) is 22.3 Å². The maximum absolute atomic E-state index is 2.40. The molecular weight excluding hydrogens is 216 g/mol. The van der Waals surface area contributed by atoms with Gasteiger partial charge in [-0.2, -0.15) is 0 Å². The second-order valence-corrected chi connectivity index (χ2v) is 5.55. The van der Waals surface area contributed by atoms with Crippen molar-refractivity contribution in [2.24, 2.45) is 0 Å².